The van der Waals surface area contributed by atoms with Gasteiger partial charge in [0.05, 0.1) is 23.9 Å². The van der Waals surface area contributed by atoms with Crippen molar-refractivity contribution < 1.29 is 14.3 Å². The molecule has 4 bridgehead atoms. The second kappa shape index (κ2) is 9.57. The quantitative estimate of drug-likeness (QED) is 0.377. The lowest BCUT2D eigenvalue weighted by molar-refractivity contribution is -0.137. The molecule has 2 aromatic heterocycles. The first-order valence-corrected chi connectivity index (χ1v) is 13.4. The second-order valence-electron chi connectivity index (χ2n) is 10.9. The molecule has 6 rings (SSSR count). The summed E-state index contributed by atoms with van der Waals surface area (Å²) in [6, 6.07) is 16.0. The Kier molecular flexibility index (Phi) is 6.20. The first-order chi connectivity index (χ1) is 18.3. The number of benzene rings is 2. The van der Waals surface area contributed by atoms with E-state index in [0.29, 0.717) is 24.3 Å². The smallest absolute Gasteiger partial charge is 0.262 e. The van der Waals surface area contributed by atoms with E-state index in [2.05, 4.69) is 52.5 Å². The molecule has 2 amide bonds. The molecule has 1 unspecified atom stereocenters. The maximum Gasteiger partial charge on any atom is 0.262 e. The van der Waals surface area contributed by atoms with Crippen molar-refractivity contribution in [2.24, 2.45) is 0 Å². The van der Waals surface area contributed by atoms with Crippen molar-refractivity contribution in [3.63, 3.8) is 0 Å². The van der Waals surface area contributed by atoms with E-state index in [1.54, 1.807) is 0 Å². The van der Waals surface area contributed by atoms with Crippen LogP contribution in [0.1, 0.15) is 31.4 Å². The standard InChI is InChI=1S/C31H34N4O3/c1-20(2)35-30(36)28-24-18-33(26-11-7-5-9-22(24)26)14-13-21(17-32(3)4)38-16-15-34-19-25(29(28)31(35)37)23-10-6-8-12-27(23)34/h5-12,18-21H,13-17H2,1-4H3. The van der Waals surface area contributed by atoms with Crippen molar-refractivity contribution in [2.45, 2.75) is 45.5 Å². The highest BCUT2D eigenvalue weighted by atomic mass is 16.5. The van der Waals surface area contributed by atoms with Crippen LogP contribution >= 0.6 is 0 Å². The van der Waals surface area contributed by atoms with E-state index >= 15 is 0 Å². The third kappa shape index (κ3) is 3.97. The van der Waals surface area contributed by atoms with Crippen LogP contribution in [0.5, 0.6) is 0 Å². The molecule has 2 aliphatic heterocycles. The summed E-state index contributed by atoms with van der Waals surface area (Å²) >= 11 is 0. The lowest BCUT2D eigenvalue weighted by Crippen LogP contribution is -2.37. The zero-order valence-electron chi connectivity index (χ0n) is 22.5. The second-order valence-corrected chi connectivity index (χ2v) is 10.9. The third-order valence-corrected chi connectivity index (χ3v) is 7.69. The minimum Gasteiger partial charge on any atom is -0.375 e. The van der Waals surface area contributed by atoms with Gasteiger partial charge in [0.2, 0.25) is 0 Å². The summed E-state index contributed by atoms with van der Waals surface area (Å²) in [5, 5.41) is 1.95. The molecule has 2 aliphatic rings. The van der Waals surface area contributed by atoms with Crippen molar-refractivity contribution in [3.05, 3.63) is 72.1 Å². The van der Waals surface area contributed by atoms with Crippen molar-refractivity contribution in [3.8, 4) is 0 Å². The summed E-state index contributed by atoms with van der Waals surface area (Å²) in [6.45, 7) is 6.60. The van der Waals surface area contributed by atoms with Gasteiger partial charge >= 0.3 is 0 Å². The van der Waals surface area contributed by atoms with E-state index in [-0.39, 0.29) is 24.0 Å². The number of para-hydroxylation sites is 2. The number of aromatic nitrogens is 2. The first kappa shape index (κ1) is 24.6. The third-order valence-electron chi connectivity index (χ3n) is 7.69. The van der Waals surface area contributed by atoms with Gasteiger partial charge in [-0.1, -0.05) is 36.4 Å². The van der Waals surface area contributed by atoms with Gasteiger partial charge < -0.3 is 18.8 Å². The Balaban J connectivity index is 1.64. The van der Waals surface area contributed by atoms with E-state index in [9.17, 15) is 9.59 Å². The molecule has 196 valence electrons. The maximum atomic E-state index is 14.0. The largest absolute Gasteiger partial charge is 0.375 e. The van der Waals surface area contributed by atoms with Crippen LogP contribution in [0.2, 0.25) is 0 Å². The van der Waals surface area contributed by atoms with Gasteiger partial charge in [-0.15, -0.1) is 0 Å². The van der Waals surface area contributed by atoms with Crippen LogP contribution in [-0.4, -0.2) is 70.1 Å². The van der Waals surface area contributed by atoms with Crippen LogP contribution in [0, 0.1) is 0 Å². The molecule has 7 nitrogen and oxygen atoms in total. The van der Waals surface area contributed by atoms with Crippen molar-refractivity contribution in [1.29, 1.82) is 0 Å². The van der Waals surface area contributed by atoms with Gasteiger partial charge in [0, 0.05) is 71.0 Å². The van der Waals surface area contributed by atoms with Gasteiger partial charge in [0.25, 0.3) is 11.8 Å². The summed E-state index contributed by atoms with van der Waals surface area (Å²) in [7, 11) is 4.14. The molecule has 0 radical (unpaired) electrons. The molecular formula is C31H34N4O3. The summed E-state index contributed by atoms with van der Waals surface area (Å²) in [6.07, 6.45) is 5.00. The Bertz CT molecular complexity index is 1590. The molecule has 4 heterocycles. The van der Waals surface area contributed by atoms with Crippen molar-refractivity contribution in [2.75, 3.05) is 27.2 Å². The van der Waals surface area contributed by atoms with E-state index in [0.717, 1.165) is 52.4 Å². The van der Waals surface area contributed by atoms with Gasteiger partial charge in [0.15, 0.2) is 0 Å². The minimum absolute atomic E-state index is 0.0692. The Labute approximate surface area is 222 Å². The monoisotopic (exact) mass is 510 g/mol. The fourth-order valence-corrected chi connectivity index (χ4v) is 6.01. The number of hydrogen-bond donors (Lipinski definition) is 0. The molecule has 38 heavy (non-hydrogen) atoms. The Hall–Kier alpha value is -3.68. The van der Waals surface area contributed by atoms with E-state index in [4.69, 9.17) is 4.74 Å². The van der Waals surface area contributed by atoms with Gasteiger partial charge in [-0.2, -0.15) is 0 Å². The average molecular weight is 511 g/mol. The highest BCUT2D eigenvalue weighted by molar-refractivity contribution is 6.50. The zero-order valence-corrected chi connectivity index (χ0v) is 22.5. The highest BCUT2D eigenvalue weighted by Gasteiger charge is 2.42. The molecule has 0 fully saturated rings. The van der Waals surface area contributed by atoms with Crippen LogP contribution in [0.3, 0.4) is 0 Å². The van der Waals surface area contributed by atoms with E-state index in [1.165, 1.54) is 4.90 Å². The molecule has 0 saturated heterocycles. The molecule has 0 aliphatic carbocycles. The average Bonchev–Trinajstić information content (AvgIpc) is 3.51. The SMILES string of the molecule is CC(C)N1C(=O)C2=C(C1=O)c1cn(c3ccccc13)CCC(CN(C)C)OCCn1cc2c2ccccc21. The number of rotatable bonds is 3. The number of fused-ring (bicyclic) bond motifs is 12. The Morgan fingerprint density at radius 3 is 1.89 bits per heavy atom. The minimum atomic E-state index is -0.244. The number of ether oxygens (including phenoxy) is 1. The van der Waals surface area contributed by atoms with Gasteiger partial charge in [0.1, 0.15) is 0 Å². The lowest BCUT2D eigenvalue weighted by atomic mass is 9.95. The molecule has 7 heteroatoms. The van der Waals surface area contributed by atoms with Gasteiger partial charge in [-0.25, -0.2) is 0 Å². The number of amides is 2. The number of carbonyl (C=O) groups excluding carboxylic acids is 2. The Morgan fingerprint density at radius 2 is 1.37 bits per heavy atom. The van der Waals surface area contributed by atoms with Crippen LogP contribution in [0.25, 0.3) is 33.0 Å². The maximum absolute atomic E-state index is 14.0. The predicted octanol–water partition coefficient (Wildman–Crippen LogP) is 4.63. The van der Waals surface area contributed by atoms with Gasteiger partial charge in [-0.3, -0.25) is 14.5 Å². The molecule has 0 N–H and O–H groups in total. The summed E-state index contributed by atoms with van der Waals surface area (Å²) in [4.78, 5) is 31.6. The molecule has 1 atom stereocenters. The normalized spacial score (nSPS) is 18.8. The summed E-state index contributed by atoms with van der Waals surface area (Å²) in [5.74, 6) is -0.449. The summed E-state index contributed by atoms with van der Waals surface area (Å²) < 4.78 is 10.8. The van der Waals surface area contributed by atoms with Crippen molar-refractivity contribution in [1.82, 2.24) is 18.9 Å². The van der Waals surface area contributed by atoms with E-state index in [1.807, 2.05) is 50.4 Å². The van der Waals surface area contributed by atoms with Crippen LogP contribution in [0.4, 0.5) is 0 Å². The molecule has 2 aromatic carbocycles. The van der Waals surface area contributed by atoms with Crippen LogP contribution < -0.4 is 0 Å². The Morgan fingerprint density at radius 1 is 0.842 bits per heavy atom. The molecule has 0 spiro atoms. The number of carbonyl (C=O) groups is 2. The zero-order chi connectivity index (χ0) is 26.6. The number of aryl methyl sites for hydroxylation is 1. The summed E-state index contributed by atoms with van der Waals surface area (Å²) in [5.41, 5.74) is 4.69. The number of hydrogen-bond acceptors (Lipinski definition) is 4. The molecule has 4 aromatic rings. The topological polar surface area (TPSA) is 59.7 Å². The van der Waals surface area contributed by atoms with E-state index < -0.39 is 0 Å². The number of nitrogens with zero attached hydrogens (tertiary/aromatic N) is 4. The van der Waals surface area contributed by atoms with Gasteiger partial charge in [-0.05, 0) is 46.5 Å². The molecular weight excluding hydrogens is 476 g/mol. The van der Waals surface area contributed by atoms with Crippen LogP contribution in [-0.2, 0) is 27.4 Å². The predicted molar refractivity (Wildman–Crippen MR) is 151 cm³/mol. The van der Waals surface area contributed by atoms with Crippen molar-refractivity contribution >= 4 is 44.8 Å². The fourth-order valence-electron chi connectivity index (χ4n) is 6.01. The number of likely N-dealkylation sites (N-methyl/N-ethyl adjacent to an activating group) is 1. The fraction of sp³-hybridized carbons (Fsp3) is 0.355. The first-order valence-electron chi connectivity index (χ1n) is 13.4. The highest BCUT2D eigenvalue weighted by Crippen LogP contribution is 2.42. The van der Waals surface area contributed by atoms with Crippen LogP contribution in [0.15, 0.2) is 60.9 Å². The number of imide groups is 1. The lowest BCUT2D eigenvalue weighted by Gasteiger charge is -2.22. The molecule has 0 saturated carbocycles.